The highest BCUT2D eigenvalue weighted by atomic mass is 35.5. The summed E-state index contributed by atoms with van der Waals surface area (Å²) in [6.07, 6.45) is 0. The van der Waals surface area contributed by atoms with Crippen LogP contribution < -0.4 is 0 Å². The third kappa shape index (κ3) is 2.05. The molecule has 1 rings (SSSR count). The minimum atomic E-state index is -0.236. The quantitative estimate of drug-likeness (QED) is 0.606. The molecule has 1 aromatic rings. The fourth-order valence-corrected chi connectivity index (χ4v) is 0.923. The van der Waals surface area contributed by atoms with Crippen LogP contribution >= 0.6 is 11.6 Å². The van der Waals surface area contributed by atoms with E-state index in [9.17, 15) is 4.39 Å². The third-order valence-corrected chi connectivity index (χ3v) is 1.77. The van der Waals surface area contributed by atoms with Gasteiger partial charge in [0.25, 0.3) is 0 Å². The van der Waals surface area contributed by atoms with Crippen LogP contribution in [0.15, 0.2) is 29.8 Å². The SMILES string of the molecule is CC(=CCl)c1cccc(F)c1. The van der Waals surface area contributed by atoms with Gasteiger partial charge in [-0.3, -0.25) is 0 Å². The predicted molar refractivity (Wildman–Crippen MR) is 45.9 cm³/mol. The molecule has 0 atom stereocenters. The Labute approximate surface area is 70.3 Å². The number of rotatable bonds is 1. The maximum absolute atomic E-state index is 12.6. The first kappa shape index (κ1) is 8.28. The van der Waals surface area contributed by atoms with E-state index < -0.39 is 0 Å². The van der Waals surface area contributed by atoms with Gasteiger partial charge in [0.05, 0.1) is 0 Å². The Kier molecular flexibility index (Phi) is 2.66. The molecule has 0 aliphatic heterocycles. The van der Waals surface area contributed by atoms with Crippen molar-refractivity contribution in [1.29, 1.82) is 0 Å². The molecule has 0 bridgehead atoms. The van der Waals surface area contributed by atoms with Crippen molar-refractivity contribution in [2.75, 3.05) is 0 Å². The summed E-state index contributed by atoms with van der Waals surface area (Å²) >= 11 is 5.45. The summed E-state index contributed by atoms with van der Waals surface area (Å²) in [5, 5.41) is 0. The van der Waals surface area contributed by atoms with Crippen molar-refractivity contribution in [2.24, 2.45) is 0 Å². The topological polar surface area (TPSA) is 0 Å². The molecule has 0 nitrogen and oxygen atoms in total. The highest BCUT2D eigenvalue weighted by Gasteiger charge is 1.95. The van der Waals surface area contributed by atoms with Gasteiger partial charge in [0.2, 0.25) is 0 Å². The van der Waals surface area contributed by atoms with E-state index in [4.69, 9.17) is 11.6 Å². The molecule has 0 aliphatic rings. The summed E-state index contributed by atoms with van der Waals surface area (Å²) in [6, 6.07) is 6.34. The number of hydrogen-bond donors (Lipinski definition) is 0. The molecule has 0 amide bonds. The minimum Gasteiger partial charge on any atom is -0.207 e. The summed E-state index contributed by atoms with van der Waals surface area (Å²) in [5.41, 5.74) is 3.13. The van der Waals surface area contributed by atoms with Crippen LogP contribution in [0.4, 0.5) is 4.39 Å². The van der Waals surface area contributed by atoms with Crippen molar-refractivity contribution in [1.82, 2.24) is 0 Å². The number of allylic oxidation sites excluding steroid dienone is 1. The van der Waals surface area contributed by atoms with Crippen molar-refractivity contribution in [3.63, 3.8) is 0 Å². The largest absolute Gasteiger partial charge is 0.207 e. The molecule has 0 saturated heterocycles. The number of halogens is 2. The van der Waals surface area contributed by atoms with Crippen molar-refractivity contribution in [3.8, 4) is 0 Å². The minimum absolute atomic E-state index is 0.236. The zero-order valence-corrected chi connectivity index (χ0v) is 6.90. The first-order valence-electron chi connectivity index (χ1n) is 3.27. The molecule has 0 heterocycles. The Morgan fingerprint density at radius 2 is 2.27 bits per heavy atom. The number of benzene rings is 1. The van der Waals surface area contributed by atoms with Crippen LogP contribution in [-0.4, -0.2) is 0 Å². The maximum Gasteiger partial charge on any atom is 0.123 e. The normalized spacial score (nSPS) is 11.7. The molecule has 0 unspecified atom stereocenters. The first-order chi connectivity index (χ1) is 5.24. The molecule has 0 fully saturated rings. The van der Waals surface area contributed by atoms with Crippen molar-refractivity contribution >= 4 is 17.2 Å². The number of hydrogen-bond acceptors (Lipinski definition) is 0. The molecule has 0 radical (unpaired) electrons. The monoisotopic (exact) mass is 170 g/mol. The second kappa shape index (κ2) is 3.54. The molecular formula is C9H8ClF. The zero-order chi connectivity index (χ0) is 8.27. The van der Waals surface area contributed by atoms with E-state index in [0.29, 0.717) is 0 Å². The van der Waals surface area contributed by atoms with Gasteiger partial charge >= 0.3 is 0 Å². The van der Waals surface area contributed by atoms with Gasteiger partial charge in [0.15, 0.2) is 0 Å². The van der Waals surface area contributed by atoms with Gasteiger partial charge < -0.3 is 0 Å². The molecule has 0 aliphatic carbocycles. The first-order valence-corrected chi connectivity index (χ1v) is 3.70. The van der Waals surface area contributed by atoms with Gasteiger partial charge in [-0.1, -0.05) is 23.7 Å². The lowest BCUT2D eigenvalue weighted by molar-refractivity contribution is 0.627. The molecule has 0 spiro atoms. The molecule has 0 saturated carbocycles. The third-order valence-electron chi connectivity index (χ3n) is 1.44. The molecule has 2 heteroatoms. The van der Waals surface area contributed by atoms with Crippen LogP contribution in [0.2, 0.25) is 0 Å². The second-order valence-electron chi connectivity index (χ2n) is 2.30. The van der Waals surface area contributed by atoms with Gasteiger partial charge in [-0.2, -0.15) is 0 Å². The van der Waals surface area contributed by atoms with Crippen molar-refractivity contribution in [3.05, 3.63) is 41.2 Å². The second-order valence-corrected chi connectivity index (χ2v) is 2.52. The van der Waals surface area contributed by atoms with Gasteiger partial charge in [-0.25, -0.2) is 4.39 Å². The molecule has 58 valence electrons. The van der Waals surface area contributed by atoms with Gasteiger partial charge in [0, 0.05) is 5.54 Å². The Morgan fingerprint density at radius 1 is 1.55 bits per heavy atom. The Balaban J connectivity index is 3.06. The Hall–Kier alpha value is -0.820. The summed E-state index contributed by atoms with van der Waals surface area (Å²) < 4.78 is 12.6. The highest BCUT2D eigenvalue weighted by Crippen LogP contribution is 2.14. The van der Waals surface area contributed by atoms with Gasteiger partial charge in [-0.05, 0) is 30.2 Å². The molecule has 0 N–H and O–H groups in total. The standard InChI is InChI=1S/C9H8ClF/c1-7(6-10)8-3-2-4-9(11)5-8/h2-6H,1H3. The van der Waals surface area contributed by atoms with Crippen molar-refractivity contribution in [2.45, 2.75) is 6.92 Å². The van der Waals surface area contributed by atoms with E-state index in [2.05, 4.69) is 0 Å². The molecule has 11 heavy (non-hydrogen) atoms. The fraction of sp³-hybridized carbons (Fsp3) is 0.111. The Morgan fingerprint density at radius 3 is 2.82 bits per heavy atom. The molecule has 1 aromatic carbocycles. The predicted octanol–water partition coefficient (Wildman–Crippen LogP) is 3.43. The van der Waals surface area contributed by atoms with Crippen molar-refractivity contribution < 1.29 is 4.39 Å². The van der Waals surface area contributed by atoms with E-state index in [1.165, 1.54) is 17.7 Å². The fourth-order valence-electron chi connectivity index (χ4n) is 0.797. The van der Waals surface area contributed by atoms with E-state index in [-0.39, 0.29) is 5.82 Å². The van der Waals surface area contributed by atoms with Crippen LogP contribution in [0.1, 0.15) is 12.5 Å². The maximum atomic E-state index is 12.6. The van der Waals surface area contributed by atoms with Crippen LogP contribution in [0, 0.1) is 5.82 Å². The summed E-state index contributed by atoms with van der Waals surface area (Å²) in [7, 11) is 0. The summed E-state index contributed by atoms with van der Waals surface area (Å²) in [4.78, 5) is 0. The van der Waals surface area contributed by atoms with Gasteiger partial charge in [-0.15, -0.1) is 0 Å². The van der Waals surface area contributed by atoms with E-state index >= 15 is 0 Å². The summed E-state index contributed by atoms with van der Waals surface area (Å²) in [6.45, 7) is 1.84. The van der Waals surface area contributed by atoms with Crippen LogP contribution in [-0.2, 0) is 0 Å². The zero-order valence-electron chi connectivity index (χ0n) is 6.14. The van der Waals surface area contributed by atoms with E-state index in [0.717, 1.165) is 11.1 Å². The average molecular weight is 171 g/mol. The van der Waals surface area contributed by atoms with Gasteiger partial charge in [0.1, 0.15) is 5.82 Å². The van der Waals surface area contributed by atoms with E-state index in [1.54, 1.807) is 6.07 Å². The lowest BCUT2D eigenvalue weighted by Gasteiger charge is -1.98. The van der Waals surface area contributed by atoms with Crippen LogP contribution in [0.25, 0.3) is 5.57 Å². The van der Waals surface area contributed by atoms with E-state index in [1.807, 2.05) is 13.0 Å². The Bertz CT molecular complexity index is 279. The average Bonchev–Trinajstić information content (AvgIpc) is 2.03. The molecule has 0 aromatic heterocycles. The molecular weight excluding hydrogens is 163 g/mol. The lowest BCUT2D eigenvalue weighted by atomic mass is 10.1. The van der Waals surface area contributed by atoms with Crippen LogP contribution in [0.3, 0.4) is 0 Å². The highest BCUT2D eigenvalue weighted by molar-refractivity contribution is 6.28. The lowest BCUT2D eigenvalue weighted by Crippen LogP contribution is -1.79. The smallest absolute Gasteiger partial charge is 0.123 e. The van der Waals surface area contributed by atoms with Crippen LogP contribution in [0.5, 0.6) is 0 Å². The summed E-state index contributed by atoms with van der Waals surface area (Å²) in [5.74, 6) is -0.236.